The summed E-state index contributed by atoms with van der Waals surface area (Å²) in [6.07, 6.45) is -4.92. The third-order valence-corrected chi connectivity index (χ3v) is 4.50. The molecular weight excluding hydrogens is 397 g/mol. The van der Waals surface area contributed by atoms with E-state index in [2.05, 4.69) is 0 Å². The largest absolute Gasteiger partial charge is 0.497 e. The first kappa shape index (κ1) is 19.6. The van der Waals surface area contributed by atoms with Crippen LogP contribution in [-0.4, -0.2) is 7.11 Å². The van der Waals surface area contributed by atoms with Crippen molar-refractivity contribution in [1.29, 1.82) is 0 Å². The zero-order chi connectivity index (χ0) is 21.3. The van der Waals surface area contributed by atoms with E-state index in [9.17, 15) is 18.0 Å². The van der Waals surface area contributed by atoms with Gasteiger partial charge in [0.2, 0.25) is 11.2 Å². The molecule has 1 aromatic heterocycles. The predicted molar refractivity (Wildman–Crippen MR) is 106 cm³/mol. The van der Waals surface area contributed by atoms with Gasteiger partial charge in [0.15, 0.2) is 0 Å². The number of fused-ring (bicyclic) bond motifs is 1. The lowest BCUT2D eigenvalue weighted by atomic mass is 10.1. The Kier molecular flexibility index (Phi) is 4.95. The van der Waals surface area contributed by atoms with Gasteiger partial charge in [0.25, 0.3) is 5.76 Å². The van der Waals surface area contributed by atoms with E-state index in [1.165, 1.54) is 37.4 Å². The molecule has 152 valence electrons. The van der Waals surface area contributed by atoms with Gasteiger partial charge in [-0.2, -0.15) is 13.2 Å². The highest BCUT2D eigenvalue weighted by atomic mass is 19.4. The van der Waals surface area contributed by atoms with Crippen LogP contribution in [0.2, 0.25) is 0 Å². The maximum absolute atomic E-state index is 13.6. The van der Waals surface area contributed by atoms with Crippen LogP contribution in [0.4, 0.5) is 13.2 Å². The monoisotopic (exact) mass is 412 g/mol. The SMILES string of the molecule is COc1ccc2c(=O)c(Oc3ccc(-c4ccccc4)cc3)c(C(F)(F)F)oc2c1. The van der Waals surface area contributed by atoms with Crippen LogP contribution in [0.25, 0.3) is 22.1 Å². The van der Waals surface area contributed by atoms with E-state index < -0.39 is 23.1 Å². The van der Waals surface area contributed by atoms with Crippen LogP contribution >= 0.6 is 0 Å². The Hall–Kier alpha value is -3.74. The third-order valence-electron chi connectivity index (χ3n) is 4.50. The summed E-state index contributed by atoms with van der Waals surface area (Å²) >= 11 is 0. The second-order valence-electron chi connectivity index (χ2n) is 6.44. The molecule has 0 saturated heterocycles. The van der Waals surface area contributed by atoms with Crippen LogP contribution < -0.4 is 14.9 Å². The van der Waals surface area contributed by atoms with Gasteiger partial charge >= 0.3 is 6.18 Å². The summed E-state index contributed by atoms with van der Waals surface area (Å²) in [7, 11) is 1.36. The van der Waals surface area contributed by atoms with Gasteiger partial charge in [-0.15, -0.1) is 0 Å². The first-order valence-corrected chi connectivity index (χ1v) is 8.92. The van der Waals surface area contributed by atoms with Gasteiger partial charge < -0.3 is 13.9 Å². The molecule has 0 aliphatic heterocycles. The lowest BCUT2D eigenvalue weighted by molar-refractivity contribution is -0.154. The highest BCUT2D eigenvalue weighted by molar-refractivity contribution is 5.79. The second-order valence-corrected chi connectivity index (χ2v) is 6.44. The predicted octanol–water partition coefficient (Wildman–Crippen LogP) is 6.28. The van der Waals surface area contributed by atoms with Crippen molar-refractivity contribution in [3.05, 3.63) is 88.8 Å². The zero-order valence-corrected chi connectivity index (χ0v) is 15.7. The number of ether oxygens (including phenoxy) is 2. The summed E-state index contributed by atoms with van der Waals surface area (Å²) in [5, 5.41) is -0.0419. The fraction of sp³-hybridized carbons (Fsp3) is 0.0870. The molecule has 7 heteroatoms. The Morgan fingerprint density at radius 2 is 1.47 bits per heavy atom. The first-order valence-electron chi connectivity index (χ1n) is 8.92. The summed E-state index contributed by atoms with van der Waals surface area (Å²) in [6.45, 7) is 0. The summed E-state index contributed by atoms with van der Waals surface area (Å²) in [5.41, 5.74) is 0.646. The van der Waals surface area contributed by atoms with Gasteiger partial charge in [-0.25, -0.2) is 0 Å². The molecule has 0 unspecified atom stereocenters. The molecule has 0 N–H and O–H groups in total. The molecule has 30 heavy (non-hydrogen) atoms. The smallest absolute Gasteiger partial charge is 0.453 e. The Bertz CT molecular complexity index is 1240. The summed E-state index contributed by atoms with van der Waals surface area (Å²) in [5.74, 6) is -2.06. The minimum atomic E-state index is -4.92. The Morgan fingerprint density at radius 1 is 0.833 bits per heavy atom. The summed E-state index contributed by atoms with van der Waals surface area (Å²) in [6, 6.07) is 19.9. The second kappa shape index (κ2) is 7.59. The van der Waals surface area contributed by atoms with Crippen molar-refractivity contribution < 1.29 is 27.1 Å². The van der Waals surface area contributed by atoms with E-state index in [-0.39, 0.29) is 22.5 Å². The molecule has 0 bridgehead atoms. The number of methoxy groups -OCH3 is 1. The van der Waals surface area contributed by atoms with Gasteiger partial charge in [-0.1, -0.05) is 42.5 Å². The molecule has 0 atom stereocenters. The van der Waals surface area contributed by atoms with Crippen LogP contribution in [-0.2, 0) is 6.18 Å². The van der Waals surface area contributed by atoms with E-state index in [4.69, 9.17) is 13.9 Å². The molecule has 0 aliphatic carbocycles. The Labute approximate surface area is 169 Å². The molecule has 0 amide bonds. The van der Waals surface area contributed by atoms with Crippen LogP contribution in [0.3, 0.4) is 0 Å². The van der Waals surface area contributed by atoms with E-state index in [1.54, 1.807) is 12.1 Å². The van der Waals surface area contributed by atoms with Crippen molar-refractivity contribution in [1.82, 2.24) is 0 Å². The van der Waals surface area contributed by atoms with Crippen LogP contribution in [0.5, 0.6) is 17.2 Å². The standard InChI is InChI=1S/C23H15F3O4/c1-28-17-11-12-18-19(13-17)30-22(23(24,25)26)21(20(18)27)29-16-9-7-15(8-10-16)14-5-3-2-4-6-14/h2-13H,1H3. The molecule has 0 saturated carbocycles. The molecular formula is C23H15F3O4. The van der Waals surface area contributed by atoms with Crippen molar-refractivity contribution in [2.24, 2.45) is 0 Å². The molecule has 4 aromatic rings. The van der Waals surface area contributed by atoms with Crippen LogP contribution in [0, 0.1) is 0 Å². The minimum Gasteiger partial charge on any atom is -0.497 e. The summed E-state index contributed by atoms with van der Waals surface area (Å²) < 4.78 is 56.1. The van der Waals surface area contributed by atoms with Gasteiger partial charge in [-0.05, 0) is 35.4 Å². The van der Waals surface area contributed by atoms with Crippen molar-refractivity contribution in [2.45, 2.75) is 6.18 Å². The van der Waals surface area contributed by atoms with Gasteiger partial charge in [0.1, 0.15) is 17.1 Å². The molecule has 0 aliphatic rings. The number of hydrogen-bond donors (Lipinski definition) is 0. The number of halogens is 3. The molecule has 1 heterocycles. The summed E-state index contributed by atoms with van der Waals surface area (Å²) in [4.78, 5) is 12.8. The molecule has 0 radical (unpaired) electrons. The lowest BCUT2D eigenvalue weighted by Crippen LogP contribution is -2.15. The molecule has 3 aromatic carbocycles. The van der Waals surface area contributed by atoms with Crippen LogP contribution in [0.15, 0.2) is 82.0 Å². The number of benzene rings is 3. The average molecular weight is 412 g/mol. The van der Waals surface area contributed by atoms with Crippen molar-refractivity contribution in [3.8, 4) is 28.4 Å². The molecule has 0 fully saturated rings. The molecule has 4 nitrogen and oxygen atoms in total. The van der Waals surface area contributed by atoms with Crippen molar-refractivity contribution in [2.75, 3.05) is 7.11 Å². The van der Waals surface area contributed by atoms with E-state index in [0.717, 1.165) is 11.1 Å². The molecule has 4 rings (SSSR count). The quantitative estimate of drug-likeness (QED) is 0.396. The number of hydrogen-bond acceptors (Lipinski definition) is 4. The van der Waals surface area contributed by atoms with E-state index in [1.807, 2.05) is 30.3 Å². The first-order chi connectivity index (χ1) is 14.4. The average Bonchev–Trinajstić information content (AvgIpc) is 2.75. The zero-order valence-electron chi connectivity index (χ0n) is 15.7. The van der Waals surface area contributed by atoms with Gasteiger partial charge in [0, 0.05) is 6.07 Å². The van der Waals surface area contributed by atoms with E-state index in [0.29, 0.717) is 0 Å². The van der Waals surface area contributed by atoms with Crippen LogP contribution in [0.1, 0.15) is 5.76 Å². The maximum atomic E-state index is 13.6. The lowest BCUT2D eigenvalue weighted by Gasteiger charge is -2.14. The normalized spacial score (nSPS) is 11.5. The third kappa shape index (κ3) is 3.74. The topological polar surface area (TPSA) is 48.7 Å². The Balaban J connectivity index is 1.78. The fourth-order valence-corrected chi connectivity index (χ4v) is 3.03. The van der Waals surface area contributed by atoms with Gasteiger partial charge in [-0.3, -0.25) is 4.79 Å². The van der Waals surface area contributed by atoms with E-state index >= 15 is 0 Å². The van der Waals surface area contributed by atoms with Crippen molar-refractivity contribution in [3.63, 3.8) is 0 Å². The number of rotatable bonds is 4. The highest BCUT2D eigenvalue weighted by Gasteiger charge is 2.40. The Morgan fingerprint density at radius 3 is 2.10 bits per heavy atom. The minimum absolute atomic E-state index is 0.0419. The maximum Gasteiger partial charge on any atom is 0.453 e. The van der Waals surface area contributed by atoms with Gasteiger partial charge in [0.05, 0.1) is 12.5 Å². The number of alkyl halides is 3. The van der Waals surface area contributed by atoms with Crippen molar-refractivity contribution >= 4 is 11.0 Å². The fourth-order valence-electron chi connectivity index (χ4n) is 3.03. The highest BCUT2D eigenvalue weighted by Crippen LogP contribution is 2.38. The molecule has 0 spiro atoms.